The number of rotatable bonds is 3. The Balaban J connectivity index is 2.00. The highest BCUT2D eigenvalue weighted by Gasteiger charge is 2.05. The van der Waals surface area contributed by atoms with Gasteiger partial charge in [-0.25, -0.2) is 0 Å². The smallest absolute Gasteiger partial charge is 0.229 e. The molecular formula is C13H15N3O. The van der Waals surface area contributed by atoms with Gasteiger partial charge in [0.1, 0.15) is 5.82 Å². The lowest BCUT2D eigenvalue weighted by Gasteiger charge is -2.05. The van der Waals surface area contributed by atoms with E-state index in [1.165, 1.54) is 11.1 Å². The van der Waals surface area contributed by atoms with Crippen molar-refractivity contribution in [2.45, 2.75) is 20.3 Å². The van der Waals surface area contributed by atoms with Crippen molar-refractivity contribution in [3.05, 3.63) is 47.2 Å². The first kappa shape index (κ1) is 11.4. The number of amides is 1. The van der Waals surface area contributed by atoms with E-state index < -0.39 is 0 Å². The largest absolute Gasteiger partial charge is 0.311 e. The van der Waals surface area contributed by atoms with Crippen molar-refractivity contribution in [1.29, 1.82) is 0 Å². The number of nitrogens with zero attached hydrogens (tertiary/aromatic N) is 1. The lowest BCUT2D eigenvalue weighted by atomic mass is 10.0. The number of carbonyl (C=O) groups is 1. The molecule has 17 heavy (non-hydrogen) atoms. The van der Waals surface area contributed by atoms with Gasteiger partial charge in [0.15, 0.2) is 0 Å². The minimum atomic E-state index is -0.0440. The topological polar surface area (TPSA) is 57.8 Å². The number of benzene rings is 1. The number of hydrogen-bond donors (Lipinski definition) is 2. The molecule has 0 saturated heterocycles. The summed E-state index contributed by atoms with van der Waals surface area (Å²) in [7, 11) is 0. The van der Waals surface area contributed by atoms with Crippen LogP contribution in [0.15, 0.2) is 30.5 Å². The maximum absolute atomic E-state index is 11.7. The van der Waals surface area contributed by atoms with E-state index in [1.54, 1.807) is 12.3 Å². The van der Waals surface area contributed by atoms with Crippen LogP contribution in [0.4, 0.5) is 5.82 Å². The zero-order valence-corrected chi connectivity index (χ0v) is 9.95. The summed E-state index contributed by atoms with van der Waals surface area (Å²) in [6.45, 7) is 4.11. The quantitative estimate of drug-likeness (QED) is 0.847. The Bertz CT molecular complexity index is 517. The van der Waals surface area contributed by atoms with Crippen molar-refractivity contribution in [1.82, 2.24) is 10.2 Å². The summed E-state index contributed by atoms with van der Waals surface area (Å²) in [6, 6.07) is 7.78. The summed E-state index contributed by atoms with van der Waals surface area (Å²) in [5, 5.41) is 9.21. The van der Waals surface area contributed by atoms with Crippen molar-refractivity contribution < 1.29 is 4.79 Å². The van der Waals surface area contributed by atoms with Crippen LogP contribution in [-0.2, 0) is 11.2 Å². The van der Waals surface area contributed by atoms with Crippen molar-refractivity contribution in [3.63, 3.8) is 0 Å². The first-order valence-corrected chi connectivity index (χ1v) is 5.50. The molecule has 1 heterocycles. The van der Waals surface area contributed by atoms with Gasteiger partial charge in [0.05, 0.1) is 12.6 Å². The Kier molecular flexibility index (Phi) is 3.23. The predicted molar refractivity (Wildman–Crippen MR) is 66.8 cm³/mol. The van der Waals surface area contributed by atoms with Gasteiger partial charge in [-0.15, -0.1) is 0 Å². The highest BCUT2D eigenvalue weighted by Crippen LogP contribution is 2.11. The second-order valence-corrected chi connectivity index (χ2v) is 4.11. The minimum absolute atomic E-state index is 0.0440. The number of aryl methyl sites for hydroxylation is 2. The Morgan fingerprint density at radius 2 is 2.12 bits per heavy atom. The number of aromatic nitrogens is 2. The lowest BCUT2D eigenvalue weighted by Crippen LogP contribution is -2.14. The lowest BCUT2D eigenvalue weighted by molar-refractivity contribution is -0.115. The molecule has 2 aromatic rings. The fourth-order valence-corrected chi connectivity index (χ4v) is 1.62. The van der Waals surface area contributed by atoms with Crippen LogP contribution < -0.4 is 5.32 Å². The monoisotopic (exact) mass is 229 g/mol. The van der Waals surface area contributed by atoms with Gasteiger partial charge < -0.3 is 5.32 Å². The highest BCUT2D eigenvalue weighted by molar-refractivity contribution is 5.91. The highest BCUT2D eigenvalue weighted by atomic mass is 16.1. The molecular weight excluding hydrogens is 214 g/mol. The zero-order valence-electron chi connectivity index (χ0n) is 9.95. The third-order valence-corrected chi connectivity index (χ3v) is 2.71. The van der Waals surface area contributed by atoms with E-state index in [2.05, 4.69) is 22.4 Å². The van der Waals surface area contributed by atoms with Crippen molar-refractivity contribution in [2.75, 3.05) is 5.32 Å². The molecule has 4 nitrogen and oxygen atoms in total. The average molecular weight is 229 g/mol. The summed E-state index contributed by atoms with van der Waals surface area (Å²) in [6.07, 6.45) is 1.98. The molecule has 0 aliphatic rings. The van der Waals surface area contributed by atoms with Gasteiger partial charge in [0.25, 0.3) is 0 Å². The zero-order chi connectivity index (χ0) is 12.3. The molecule has 2 rings (SSSR count). The van der Waals surface area contributed by atoms with E-state index in [4.69, 9.17) is 0 Å². The van der Waals surface area contributed by atoms with Crippen LogP contribution in [0.25, 0.3) is 0 Å². The van der Waals surface area contributed by atoms with Gasteiger partial charge in [-0.2, -0.15) is 5.10 Å². The summed E-state index contributed by atoms with van der Waals surface area (Å²) in [5.41, 5.74) is 3.46. The van der Waals surface area contributed by atoms with Gasteiger partial charge in [-0.1, -0.05) is 18.2 Å². The van der Waals surface area contributed by atoms with E-state index in [0.717, 1.165) is 5.56 Å². The van der Waals surface area contributed by atoms with Crippen LogP contribution in [-0.4, -0.2) is 16.1 Å². The second kappa shape index (κ2) is 4.82. The second-order valence-electron chi connectivity index (χ2n) is 4.11. The first-order chi connectivity index (χ1) is 8.15. The molecule has 4 heteroatoms. The third kappa shape index (κ3) is 2.93. The summed E-state index contributed by atoms with van der Waals surface area (Å²) < 4.78 is 0. The minimum Gasteiger partial charge on any atom is -0.311 e. The molecule has 0 atom stereocenters. The Hall–Kier alpha value is -2.10. The molecule has 0 unspecified atom stereocenters. The molecule has 1 amide bonds. The predicted octanol–water partition coefficient (Wildman–Crippen LogP) is 2.21. The Morgan fingerprint density at radius 3 is 2.76 bits per heavy atom. The van der Waals surface area contributed by atoms with Crippen LogP contribution in [0.3, 0.4) is 0 Å². The van der Waals surface area contributed by atoms with Gasteiger partial charge in [0.2, 0.25) is 5.91 Å². The molecule has 0 radical (unpaired) electrons. The molecule has 2 N–H and O–H groups in total. The number of hydrogen-bond acceptors (Lipinski definition) is 2. The fourth-order valence-electron chi connectivity index (χ4n) is 1.62. The number of anilines is 1. The van der Waals surface area contributed by atoms with Crippen LogP contribution in [0.5, 0.6) is 0 Å². The molecule has 0 fully saturated rings. The summed E-state index contributed by atoms with van der Waals surface area (Å²) in [4.78, 5) is 11.7. The van der Waals surface area contributed by atoms with Gasteiger partial charge in [-0.3, -0.25) is 9.89 Å². The van der Waals surface area contributed by atoms with E-state index in [-0.39, 0.29) is 5.91 Å². The van der Waals surface area contributed by atoms with Gasteiger partial charge >= 0.3 is 0 Å². The molecule has 0 aliphatic heterocycles. The van der Waals surface area contributed by atoms with Crippen molar-refractivity contribution in [2.24, 2.45) is 0 Å². The number of nitrogens with one attached hydrogen (secondary N) is 2. The molecule has 1 aromatic carbocycles. The molecule has 0 saturated carbocycles. The molecule has 0 spiro atoms. The Labute approximate surface area is 100 Å². The SMILES string of the molecule is Cc1ccc(CC(=O)Nc2ccn[nH]2)cc1C. The van der Waals surface area contributed by atoms with E-state index >= 15 is 0 Å². The molecule has 0 aliphatic carbocycles. The number of H-pyrrole nitrogens is 1. The maximum atomic E-state index is 11.7. The van der Waals surface area contributed by atoms with Crippen LogP contribution in [0, 0.1) is 13.8 Å². The molecule has 0 bridgehead atoms. The maximum Gasteiger partial charge on any atom is 0.229 e. The average Bonchev–Trinajstić information content (AvgIpc) is 2.76. The van der Waals surface area contributed by atoms with E-state index in [0.29, 0.717) is 12.2 Å². The van der Waals surface area contributed by atoms with Gasteiger partial charge in [-0.05, 0) is 30.5 Å². The number of aromatic amines is 1. The number of carbonyl (C=O) groups excluding carboxylic acids is 1. The molecule has 88 valence electrons. The van der Waals surface area contributed by atoms with Crippen molar-refractivity contribution in [3.8, 4) is 0 Å². The summed E-state index contributed by atoms with van der Waals surface area (Å²) in [5.74, 6) is 0.580. The molecule has 1 aromatic heterocycles. The van der Waals surface area contributed by atoms with Crippen LogP contribution in [0.2, 0.25) is 0 Å². The van der Waals surface area contributed by atoms with E-state index in [1.807, 2.05) is 25.1 Å². The normalized spacial score (nSPS) is 10.2. The van der Waals surface area contributed by atoms with E-state index in [9.17, 15) is 4.79 Å². The standard InChI is InChI=1S/C13H15N3O/c1-9-3-4-11(7-10(9)2)8-13(17)15-12-5-6-14-16-12/h3-7H,8H2,1-2H3,(H2,14,15,16,17). The third-order valence-electron chi connectivity index (χ3n) is 2.71. The summed E-state index contributed by atoms with van der Waals surface area (Å²) >= 11 is 0. The first-order valence-electron chi connectivity index (χ1n) is 5.50. The fraction of sp³-hybridized carbons (Fsp3) is 0.231. The van der Waals surface area contributed by atoms with Gasteiger partial charge in [0, 0.05) is 6.07 Å². The van der Waals surface area contributed by atoms with Crippen molar-refractivity contribution >= 4 is 11.7 Å². The van der Waals surface area contributed by atoms with Crippen LogP contribution >= 0.6 is 0 Å². The Morgan fingerprint density at radius 1 is 1.29 bits per heavy atom. The van der Waals surface area contributed by atoms with Crippen LogP contribution in [0.1, 0.15) is 16.7 Å².